The van der Waals surface area contributed by atoms with Crippen LogP contribution in [0.25, 0.3) is 43.1 Å². The number of fused-ring (bicyclic) bond motifs is 4. The van der Waals surface area contributed by atoms with Gasteiger partial charge in [0.15, 0.2) is 0 Å². The first-order valence-corrected chi connectivity index (χ1v) is 25.2. The zero-order valence-electron chi connectivity index (χ0n) is 27.6. The summed E-state index contributed by atoms with van der Waals surface area (Å²) >= 11 is -16.1. The Labute approximate surface area is 321 Å². The molecule has 0 heterocycles. The standard InChI is InChI=1S/4C10H8O2S.Sn/c4*11-13(12)10-7-3-5-8-4-1-2-6-9(8)10;/h4*1-7H,(H,11,12);/q;;;;+4/p-4. The summed E-state index contributed by atoms with van der Waals surface area (Å²) in [5, 5.41) is 5.55. The van der Waals surface area contributed by atoms with Crippen LogP contribution in [0.2, 0.25) is 0 Å². The van der Waals surface area contributed by atoms with Crippen molar-refractivity contribution in [3.63, 3.8) is 0 Å². The summed E-state index contributed by atoms with van der Waals surface area (Å²) < 4.78 is 83.0. The molecule has 0 saturated heterocycles. The van der Waals surface area contributed by atoms with Gasteiger partial charge in [0.25, 0.3) is 0 Å². The molecule has 8 aromatic rings. The zero-order valence-corrected chi connectivity index (χ0v) is 33.7. The normalized spacial score (nSPS) is 15.2. The molecule has 0 aliphatic heterocycles. The van der Waals surface area contributed by atoms with Gasteiger partial charge in [0.05, 0.1) is 0 Å². The molecule has 0 bridgehead atoms. The first kappa shape index (κ1) is 36.0. The summed E-state index contributed by atoms with van der Waals surface area (Å²) in [5.74, 6) is 0. The molecule has 8 aromatic carbocycles. The molecular weight excluding hydrogens is 855 g/mol. The van der Waals surface area contributed by atoms with Crippen molar-refractivity contribution in [3.8, 4) is 0 Å². The van der Waals surface area contributed by atoms with E-state index in [1.807, 2.05) is 72.8 Å². The van der Waals surface area contributed by atoms with Crippen molar-refractivity contribution in [1.82, 2.24) is 0 Å². The van der Waals surface area contributed by atoms with Crippen LogP contribution in [-0.4, -0.2) is 36.9 Å². The molecule has 8 nitrogen and oxygen atoms in total. The SMILES string of the molecule is O=S([O][Sn]([O]S(=O)c1cccc2ccccc12)([O]S(=O)c1cccc2ccccc12)[O]S(=O)c1cccc2ccccc12)c1cccc2ccccc12. The topological polar surface area (TPSA) is 105 Å². The molecule has 0 amide bonds. The fourth-order valence-corrected chi connectivity index (χ4v) is 23.7. The van der Waals surface area contributed by atoms with Crippen molar-refractivity contribution in [2.24, 2.45) is 0 Å². The molecular formula is C40H28O8S4Sn. The second-order valence-electron chi connectivity index (χ2n) is 11.7. The van der Waals surface area contributed by atoms with Gasteiger partial charge in [0.1, 0.15) is 0 Å². The Hall–Kier alpha value is -3.96. The van der Waals surface area contributed by atoms with Gasteiger partial charge in [0.2, 0.25) is 0 Å². The zero-order chi connectivity index (χ0) is 36.4. The van der Waals surface area contributed by atoms with Crippen LogP contribution in [0.5, 0.6) is 0 Å². The van der Waals surface area contributed by atoms with Gasteiger partial charge >= 0.3 is 324 Å². The van der Waals surface area contributed by atoms with Gasteiger partial charge in [-0.3, -0.25) is 0 Å². The van der Waals surface area contributed by atoms with Crippen molar-refractivity contribution in [2.45, 2.75) is 19.6 Å². The van der Waals surface area contributed by atoms with E-state index in [0.29, 0.717) is 21.5 Å². The van der Waals surface area contributed by atoms with E-state index < -0.39 is 64.4 Å². The minimum absolute atomic E-state index is 0.239. The maximum atomic E-state index is 14.5. The minimum atomic E-state index is -6.44. The molecule has 0 aliphatic carbocycles. The van der Waals surface area contributed by atoms with E-state index in [1.165, 1.54) is 0 Å². The van der Waals surface area contributed by atoms with Crippen LogP contribution in [0.4, 0.5) is 0 Å². The van der Waals surface area contributed by atoms with E-state index in [9.17, 15) is 16.8 Å². The molecule has 0 aromatic heterocycles. The van der Waals surface area contributed by atoms with Crippen LogP contribution < -0.4 is 0 Å². The van der Waals surface area contributed by atoms with Crippen LogP contribution in [-0.2, 0) is 54.4 Å². The fourth-order valence-electron chi connectivity index (χ4n) is 6.00. The molecule has 264 valence electrons. The van der Waals surface area contributed by atoms with Gasteiger partial charge in [-0.05, 0) is 0 Å². The summed E-state index contributed by atoms with van der Waals surface area (Å²) in [6.07, 6.45) is 0. The van der Waals surface area contributed by atoms with Gasteiger partial charge in [0, 0.05) is 0 Å². The predicted octanol–water partition coefficient (Wildman–Crippen LogP) is 8.99. The molecule has 0 fully saturated rings. The van der Waals surface area contributed by atoms with Crippen LogP contribution in [0, 0.1) is 0 Å². The van der Waals surface area contributed by atoms with Crippen LogP contribution in [0.15, 0.2) is 189 Å². The van der Waals surface area contributed by atoms with Gasteiger partial charge in [-0.2, -0.15) is 0 Å². The third-order valence-electron chi connectivity index (χ3n) is 8.43. The fraction of sp³-hybridized carbons (Fsp3) is 0. The first-order chi connectivity index (χ1) is 25.9. The Balaban J connectivity index is 1.29. The van der Waals surface area contributed by atoms with Crippen LogP contribution >= 0.6 is 0 Å². The van der Waals surface area contributed by atoms with E-state index in [4.69, 9.17) is 10.1 Å². The van der Waals surface area contributed by atoms with E-state index in [2.05, 4.69) is 0 Å². The predicted molar refractivity (Wildman–Crippen MR) is 212 cm³/mol. The van der Waals surface area contributed by atoms with Gasteiger partial charge in [-0.15, -0.1) is 0 Å². The Morgan fingerprint density at radius 3 is 0.736 bits per heavy atom. The number of rotatable bonds is 12. The Morgan fingerprint density at radius 1 is 0.283 bits per heavy atom. The molecule has 53 heavy (non-hydrogen) atoms. The van der Waals surface area contributed by atoms with Crippen molar-refractivity contribution in [3.05, 3.63) is 170 Å². The summed E-state index contributed by atoms with van der Waals surface area (Å²) in [5.41, 5.74) is 0. The number of hydrogen-bond acceptors (Lipinski definition) is 8. The van der Waals surface area contributed by atoms with E-state index in [1.54, 1.807) is 97.1 Å². The molecule has 0 spiro atoms. The van der Waals surface area contributed by atoms with Crippen molar-refractivity contribution in [2.75, 3.05) is 0 Å². The molecule has 4 unspecified atom stereocenters. The van der Waals surface area contributed by atoms with Gasteiger partial charge in [-0.1, -0.05) is 0 Å². The summed E-state index contributed by atoms with van der Waals surface area (Å²) in [6, 6.07) is 49.9. The van der Waals surface area contributed by atoms with E-state index >= 15 is 0 Å². The molecule has 13 heteroatoms. The molecule has 8 rings (SSSR count). The van der Waals surface area contributed by atoms with Crippen LogP contribution in [0.3, 0.4) is 0 Å². The maximum absolute atomic E-state index is 14.5. The van der Waals surface area contributed by atoms with Crippen molar-refractivity contribution >= 4 is 107 Å². The molecule has 0 aliphatic rings. The first-order valence-electron chi connectivity index (χ1n) is 16.3. The second kappa shape index (κ2) is 15.8. The van der Waals surface area contributed by atoms with Gasteiger partial charge in [-0.25, -0.2) is 0 Å². The van der Waals surface area contributed by atoms with E-state index in [0.717, 1.165) is 21.5 Å². The average Bonchev–Trinajstić information content (AvgIpc) is 3.19. The molecule has 4 atom stereocenters. The summed E-state index contributed by atoms with van der Waals surface area (Å²) in [6.45, 7) is 0. The molecule has 0 saturated carbocycles. The summed E-state index contributed by atoms with van der Waals surface area (Å²) in [4.78, 5) is 0.955. The van der Waals surface area contributed by atoms with Gasteiger partial charge < -0.3 is 0 Å². The number of benzene rings is 8. The Kier molecular flexibility index (Phi) is 10.7. The third-order valence-corrected chi connectivity index (χ3v) is 24.9. The second-order valence-corrected chi connectivity index (χ2v) is 24.5. The Bertz CT molecular complexity index is 2360. The molecule has 0 N–H and O–H groups in total. The van der Waals surface area contributed by atoms with Crippen LogP contribution in [0.1, 0.15) is 0 Å². The van der Waals surface area contributed by atoms with E-state index in [-0.39, 0.29) is 19.6 Å². The average molecular weight is 884 g/mol. The van der Waals surface area contributed by atoms with Crippen molar-refractivity contribution < 1.29 is 26.9 Å². The summed E-state index contributed by atoms with van der Waals surface area (Å²) in [7, 11) is 0. The quantitative estimate of drug-likeness (QED) is 0.112. The number of hydrogen-bond donors (Lipinski definition) is 0. The third kappa shape index (κ3) is 7.56. The molecule has 0 radical (unpaired) electrons. The Morgan fingerprint density at radius 2 is 0.491 bits per heavy atom. The monoisotopic (exact) mass is 884 g/mol. The van der Waals surface area contributed by atoms with Crippen molar-refractivity contribution in [1.29, 1.82) is 0 Å².